The number of ketones is 1. The Hall–Kier alpha value is -2.04. The van der Waals surface area contributed by atoms with E-state index in [-0.39, 0.29) is 17.7 Å². The fraction of sp³-hybridized carbons (Fsp3) is 0.500. The smallest absolute Gasteiger partial charge is 0.163 e. The highest BCUT2D eigenvalue weighted by atomic mass is 16.1. The maximum atomic E-state index is 12.0. The first-order valence-corrected chi connectivity index (χ1v) is 7.54. The molecule has 0 aliphatic heterocycles. The number of hydrogen-bond acceptors (Lipinski definition) is 4. The number of carbonyl (C=O) groups is 1. The van der Waals surface area contributed by atoms with Crippen LogP contribution in [0, 0.1) is 10.9 Å². The van der Waals surface area contributed by atoms with Crippen LogP contribution in [0.5, 0.6) is 0 Å². The molecule has 1 aliphatic rings. The summed E-state index contributed by atoms with van der Waals surface area (Å²) >= 11 is 0. The lowest BCUT2D eigenvalue weighted by atomic mass is 9.94. The summed E-state index contributed by atoms with van der Waals surface area (Å²) in [6.45, 7) is 0. The zero-order valence-electron chi connectivity index (χ0n) is 12.2. The second-order valence-corrected chi connectivity index (χ2v) is 5.47. The first kappa shape index (κ1) is 15.4. The Kier molecular flexibility index (Phi) is 5.60. The van der Waals surface area contributed by atoms with Gasteiger partial charge in [0.15, 0.2) is 5.78 Å². The van der Waals surface area contributed by atoms with Crippen LogP contribution in [0.3, 0.4) is 0 Å². The Bertz CT molecular complexity index is 494. The highest BCUT2D eigenvalue weighted by Gasteiger charge is 2.23. The third-order valence-electron chi connectivity index (χ3n) is 3.99. The average Bonchev–Trinajstić information content (AvgIpc) is 2.55. The third-order valence-corrected chi connectivity index (χ3v) is 3.99. The summed E-state index contributed by atoms with van der Waals surface area (Å²) in [6, 6.07) is 9.30. The molecule has 1 aliphatic carbocycles. The van der Waals surface area contributed by atoms with Crippen molar-refractivity contribution in [1.82, 2.24) is 5.01 Å². The van der Waals surface area contributed by atoms with Crippen molar-refractivity contribution >= 4 is 11.6 Å². The van der Waals surface area contributed by atoms with E-state index in [2.05, 4.69) is 5.22 Å². The summed E-state index contributed by atoms with van der Waals surface area (Å²) in [6.07, 6.45) is 6.09. The number of hydrogen-bond donors (Lipinski definition) is 2. The van der Waals surface area contributed by atoms with Gasteiger partial charge in [0.2, 0.25) is 0 Å². The number of Topliss-reactive ketones (excluding diaryl/α,β-unsaturated/α-hetero) is 1. The highest BCUT2D eigenvalue weighted by molar-refractivity contribution is 5.98. The number of amidine groups is 1. The molecule has 0 radical (unpaired) electrons. The Labute approximate surface area is 125 Å². The molecule has 0 heterocycles. The summed E-state index contributed by atoms with van der Waals surface area (Å²) < 4.78 is 0. The fourth-order valence-corrected chi connectivity index (χ4v) is 2.80. The molecular formula is C16H22N4O. The van der Waals surface area contributed by atoms with Crippen molar-refractivity contribution in [3.63, 3.8) is 0 Å². The van der Waals surface area contributed by atoms with Gasteiger partial charge in [-0.1, -0.05) is 54.8 Å². The van der Waals surface area contributed by atoms with Gasteiger partial charge in [0.25, 0.3) is 0 Å². The van der Waals surface area contributed by atoms with E-state index in [0.29, 0.717) is 18.4 Å². The highest BCUT2D eigenvalue weighted by Crippen LogP contribution is 2.23. The molecule has 112 valence electrons. The molecule has 5 nitrogen and oxygen atoms in total. The van der Waals surface area contributed by atoms with Gasteiger partial charge in [-0.05, 0) is 12.8 Å². The van der Waals surface area contributed by atoms with Gasteiger partial charge in [0.1, 0.15) is 5.84 Å². The van der Waals surface area contributed by atoms with Gasteiger partial charge < -0.3 is 0 Å². The zero-order valence-corrected chi connectivity index (χ0v) is 12.2. The molecule has 0 amide bonds. The predicted molar refractivity (Wildman–Crippen MR) is 81.6 cm³/mol. The number of rotatable bonds is 6. The summed E-state index contributed by atoms with van der Waals surface area (Å²) in [5, 5.41) is 13.1. The Morgan fingerprint density at radius 2 is 1.81 bits per heavy atom. The first-order valence-electron chi connectivity index (χ1n) is 7.54. The average molecular weight is 286 g/mol. The molecule has 0 saturated heterocycles. The molecule has 21 heavy (non-hydrogen) atoms. The molecule has 0 aromatic heterocycles. The van der Waals surface area contributed by atoms with Crippen molar-refractivity contribution in [3.05, 3.63) is 35.9 Å². The molecule has 0 bridgehead atoms. The van der Waals surface area contributed by atoms with Crippen LogP contribution in [0.15, 0.2) is 35.6 Å². The second kappa shape index (κ2) is 7.67. The van der Waals surface area contributed by atoms with E-state index in [0.717, 1.165) is 25.7 Å². The van der Waals surface area contributed by atoms with Gasteiger partial charge in [0, 0.05) is 18.4 Å². The van der Waals surface area contributed by atoms with Gasteiger partial charge >= 0.3 is 0 Å². The summed E-state index contributed by atoms with van der Waals surface area (Å²) in [5.41, 5.74) is 7.98. The van der Waals surface area contributed by atoms with Crippen LogP contribution in [0.1, 0.15) is 55.3 Å². The molecule has 1 aromatic rings. The van der Waals surface area contributed by atoms with Gasteiger partial charge in [-0.2, -0.15) is 5.53 Å². The van der Waals surface area contributed by atoms with Crippen molar-refractivity contribution in [2.24, 2.45) is 5.22 Å². The lowest BCUT2D eigenvalue weighted by molar-refractivity contribution is 0.0982. The number of nitrogens with one attached hydrogen (secondary N) is 2. The molecule has 5 heteroatoms. The molecule has 2 rings (SSSR count). The van der Waals surface area contributed by atoms with E-state index in [4.69, 9.17) is 10.9 Å². The van der Waals surface area contributed by atoms with Crippen LogP contribution in [0.25, 0.3) is 0 Å². The predicted octanol–water partition coefficient (Wildman–Crippen LogP) is 4.21. The molecular weight excluding hydrogens is 264 g/mol. The first-order chi connectivity index (χ1) is 10.2. The van der Waals surface area contributed by atoms with E-state index in [1.54, 1.807) is 12.1 Å². The van der Waals surface area contributed by atoms with E-state index in [1.807, 2.05) is 18.2 Å². The minimum absolute atomic E-state index is 0.0360. The molecule has 0 unspecified atom stereocenters. The lowest BCUT2D eigenvalue weighted by Crippen LogP contribution is -2.36. The van der Waals surface area contributed by atoms with Gasteiger partial charge in [0.05, 0.1) is 6.04 Å². The minimum atomic E-state index is 0.0360. The van der Waals surface area contributed by atoms with Crippen LogP contribution in [0.2, 0.25) is 0 Å². The fourth-order valence-electron chi connectivity index (χ4n) is 2.80. The standard InChI is InChI=1S/C16H22N4O/c17-16(20(19-18)14-9-5-2-6-10-14)12-11-15(21)13-7-3-1-4-8-13/h1,3-4,7-8,14,17-18H,2,5-6,9-12H2. The SMILES string of the molecule is N=NN(C(=N)CCC(=O)c1ccccc1)C1CCCCC1. The largest absolute Gasteiger partial charge is 0.294 e. The Balaban J connectivity index is 1.87. The quantitative estimate of drug-likeness (QED) is 0.270. The van der Waals surface area contributed by atoms with Crippen LogP contribution in [-0.4, -0.2) is 22.7 Å². The van der Waals surface area contributed by atoms with Crippen LogP contribution in [0.4, 0.5) is 0 Å². The van der Waals surface area contributed by atoms with E-state index < -0.39 is 0 Å². The maximum Gasteiger partial charge on any atom is 0.163 e. The number of nitrogens with zero attached hydrogens (tertiary/aromatic N) is 2. The van der Waals surface area contributed by atoms with Crippen LogP contribution >= 0.6 is 0 Å². The van der Waals surface area contributed by atoms with Crippen molar-refractivity contribution in [1.29, 1.82) is 10.9 Å². The van der Waals surface area contributed by atoms with Gasteiger partial charge in [-0.25, -0.2) is 5.01 Å². The maximum absolute atomic E-state index is 12.0. The van der Waals surface area contributed by atoms with E-state index >= 15 is 0 Å². The summed E-state index contributed by atoms with van der Waals surface area (Å²) in [4.78, 5) is 12.0. The Morgan fingerprint density at radius 3 is 2.43 bits per heavy atom. The van der Waals surface area contributed by atoms with Crippen molar-refractivity contribution in [3.8, 4) is 0 Å². The van der Waals surface area contributed by atoms with Crippen molar-refractivity contribution in [2.75, 3.05) is 0 Å². The van der Waals surface area contributed by atoms with Crippen LogP contribution in [-0.2, 0) is 0 Å². The number of carbonyl (C=O) groups excluding carboxylic acids is 1. The van der Waals surface area contributed by atoms with E-state index in [1.165, 1.54) is 11.4 Å². The molecule has 1 fully saturated rings. The molecule has 1 aromatic carbocycles. The summed E-state index contributed by atoms with van der Waals surface area (Å²) in [5.74, 6) is 0.315. The zero-order chi connectivity index (χ0) is 15.1. The normalized spacial score (nSPS) is 15.4. The van der Waals surface area contributed by atoms with E-state index in [9.17, 15) is 4.79 Å². The lowest BCUT2D eigenvalue weighted by Gasteiger charge is -2.30. The monoisotopic (exact) mass is 286 g/mol. The topological polar surface area (TPSA) is 80.4 Å². The number of benzene rings is 1. The van der Waals surface area contributed by atoms with Gasteiger partial charge in [-0.15, -0.1) is 0 Å². The third kappa shape index (κ3) is 4.21. The second-order valence-electron chi connectivity index (χ2n) is 5.47. The molecule has 2 N–H and O–H groups in total. The van der Waals surface area contributed by atoms with Crippen molar-refractivity contribution < 1.29 is 4.79 Å². The molecule has 0 spiro atoms. The Morgan fingerprint density at radius 1 is 1.14 bits per heavy atom. The summed E-state index contributed by atoms with van der Waals surface area (Å²) in [7, 11) is 0. The minimum Gasteiger partial charge on any atom is -0.294 e. The molecule has 0 atom stereocenters. The molecule has 1 saturated carbocycles. The van der Waals surface area contributed by atoms with Crippen molar-refractivity contribution in [2.45, 2.75) is 51.0 Å². The van der Waals surface area contributed by atoms with Gasteiger partial charge in [-0.3, -0.25) is 10.2 Å². The van der Waals surface area contributed by atoms with Crippen LogP contribution < -0.4 is 0 Å².